The summed E-state index contributed by atoms with van der Waals surface area (Å²) in [6, 6.07) is 7.37. The fraction of sp³-hybridized carbons (Fsp3) is 0.333. The number of fused-ring (bicyclic) bond motifs is 1. The van der Waals surface area contributed by atoms with Gasteiger partial charge < -0.3 is 9.64 Å². The molecule has 1 amide bonds. The van der Waals surface area contributed by atoms with E-state index in [1.165, 1.54) is 0 Å². The molecule has 0 aliphatic carbocycles. The van der Waals surface area contributed by atoms with Crippen molar-refractivity contribution in [3.05, 3.63) is 51.8 Å². The number of rotatable bonds is 4. The lowest BCUT2D eigenvalue weighted by atomic mass is 9.99. The Labute approximate surface area is 127 Å². The van der Waals surface area contributed by atoms with Gasteiger partial charge in [-0.1, -0.05) is 29.8 Å². The van der Waals surface area contributed by atoms with Crippen molar-refractivity contribution in [3.63, 3.8) is 0 Å². The number of aryl methyl sites for hydroxylation is 1. The summed E-state index contributed by atoms with van der Waals surface area (Å²) < 4.78 is 5.12. The Kier molecular flexibility index (Phi) is 3.69. The van der Waals surface area contributed by atoms with E-state index >= 15 is 0 Å². The second-order valence-corrected chi connectivity index (χ2v) is 5.43. The first-order valence-electron chi connectivity index (χ1n) is 6.74. The van der Waals surface area contributed by atoms with Gasteiger partial charge in [0.2, 0.25) is 0 Å². The summed E-state index contributed by atoms with van der Waals surface area (Å²) in [5.41, 5.74) is 3.19. The second kappa shape index (κ2) is 5.50. The number of H-pyrrole nitrogens is 1. The van der Waals surface area contributed by atoms with Crippen molar-refractivity contribution in [3.8, 4) is 0 Å². The number of aromatic nitrogens is 2. The Hall–Kier alpha value is -1.85. The standard InChI is InChI=1S/C15H16ClN3O2/c1-9-12-13(18-17-9)15(20)19(7-8-21-2)14(12)10-5-3-4-6-11(10)16/h3-6,14H,7-8H2,1-2H3,(H,17,18). The van der Waals surface area contributed by atoms with E-state index in [2.05, 4.69) is 10.2 Å². The van der Waals surface area contributed by atoms with Crippen LogP contribution in [0, 0.1) is 6.92 Å². The lowest BCUT2D eigenvalue weighted by Gasteiger charge is -2.26. The number of nitrogens with zero attached hydrogens (tertiary/aromatic N) is 2. The van der Waals surface area contributed by atoms with Crippen molar-refractivity contribution in [2.45, 2.75) is 13.0 Å². The molecule has 1 unspecified atom stereocenters. The molecular formula is C15H16ClN3O2. The molecule has 2 aromatic rings. The van der Waals surface area contributed by atoms with Gasteiger partial charge in [0, 0.05) is 29.9 Å². The fourth-order valence-corrected chi connectivity index (χ4v) is 3.02. The normalized spacial score (nSPS) is 17.4. The van der Waals surface area contributed by atoms with E-state index in [9.17, 15) is 4.79 Å². The van der Waals surface area contributed by atoms with Crippen molar-refractivity contribution in [2.75, 3.05) is 20.3 Å². The van der Waals surface area contributed by atoms with E-state index in [0.717, 1.165) is 16.8 Å². The van der Waals surface area contributed by atoms with Gasteiger partial charge >= 0.3 is 0 Å². The minimum absolute atomic E-state index is 0.0867. The molecule has 1 atom stereocenters. The molecule has 0 spiro atoms. The maximum atomic E-state index is 12.6. The number of methoxy groups -OCH3 is 1. The van der Waals surface area contributed by atoms with Gasteiger partial charge in [-0.05, 0) is 18.6 Å². The Bertz CT molecular complexity index is 683. The number of amides is 1. The predicted molar refractivity (Wildman–Crippen MR) is 79.5 cm³/mol. The SMILES string of the molecule is COCCN1C(=O)c2n[nH]c(C)c2C1c1ccccc1Cl. The van der Waals surface area contributed by atoms with E-state index in [1.54, 1.807) is 12.0 Å². The molecule has 0 saturated heterocycles. The van der Waals surface area contributed by atoms with Crippen LogP contribution < -0.4 is 0 Å². The van der Waals surface area contributed by atoms with Gasteiger partial charge in [-0.15, -0.1) is 0 Å². The van der Waals surface area contributed by atoms with Gasteiger partial charge in [-0.2, -0.15) is 5.10 Å². The molecule has 1 aliphatic heterocycles. The van der Waals surface area contributed by atoms with E-state index in [0.29, 0.717) is 23.9 Å². The Morgan fingerprint density at radius 1 is 1.43 bits per heavy atom. The molecule has 110 valence electrons. The first kappa shape index (κ1) is 14.1. The van der Waals surface area contributed by atoms with Crippen molar-refractivity contribution in [1.29, 1.82) is 0 Å². The second-order valence-electron chi connectivity index (χ2n) is 5.03. The molecule has 1 aromatic carbocycles. The van der Waals surface area contributed by atoms with Gasteiger partial charge in [0.1, 0.15) is 0 Å². The third kappa shape index (κ3) is 2.22. The minimum Gasteiger partial charge on any atom is -0.383 e. The molecule has 21 heavy (non-hydrogen) atoms. The highest BCUT2D eigenvalue weighted by molar-refractivity contribution is 6.31. The molecule has 0 radical (unpaired) electrons. The number of benzene rings is 1. The van der Waals surface area contributed by atoms with Crippen LogP contribution in [0.15, 0.2) is 24.3 Å². The summed E-state index contributed by atoms with van der Waals surface area (Å²) in [5.74, 6) is -0.0867. The Morgan fingerprint density at radius 3 is 2.90 bits per heavy atom. The van der Waals surface area contributed by atoms with Gasteiger partial charge in [-0.25, -0.2) is 0 Å². The highest BCUT2D eigenvalue weighted by Crippen LogP contribution is 2.41. The van der Waals surface area contributed by atoms with Crippen LogP contribution in [0.1, 0.15) is 33.4 Å². The summed E-state index contributed by atoms with van der Waals surface area (Å²) in [5, 5.41) is 7.68. The molecule has 0 fully saturated rings. The van der Waals surface area contributed by atoms with Gasteiger partial charge in [0.25, 0.3) is 5.91 Å². The van der Waals surface area contributed by atoms with Crippen LogP contribution in [-0.4, -0.2) is 41.3 Å². The van der Waals surface area contributed by atoms with Crippen LogP contribution in [0.3, 0.4) is 0 Å². The molecular weight excluding hydrogens is 290 g/mol. The van der Waals surface area contributed by atoms with Crippen LogP contribution in [-0.2, 0) is 4.74 Å². The predicted octanol–water partition coefficient (Wildman–Crippen LogP) is 2.56. The number of halogens is 1. The van der Waals surface area contributed by atoms with Crippen LogP contribution in [0.5, 0.6) is 0 Å². The van der Waals surface area contributed by atoms with E-state index in [1.807, 2.05) is 31.2 Å². The van der Waals surface area contributed by atoms with Crippen LogP contribution >= 0.6 is 11.6 Å². The average Bonchev–Trinajstić information content (AvgIpc) is 2.97. The van der Waals surface area contributed by atoms with Crippen LogP contribution in [0.4, 0.5) is 0 Å². The van der Waals surface area contributed by atoms with Crippen molar-refractivity contribution in [2.24, 2.45) is 0 Å². The Morgan fingerprint density at radius 2 is 2.19 bits per heavy atom. The largest absolute Gasteiger partial charge is 0.383 e. The number of ether oxygens (including phenoxy) is 1. The molecule has 6 heteroatoms. The van der Waals surface area contributed by atoms with Gasteiger partial charge in [0.05, 0.1) is 12.6 Å². The lowest BCUT2D eigenvalue weighted by molar-refractivity contribution is 0.0677. The maximum Gasteiger partial charge on any atom is 0.275 e. The molecule has 0 bridgehead atoms. The molecule has 2 heterocycles. The van der Waals surface area contributed by atoms with E-state index in [-0.39, 0.29) is 11.9 Å². The smallest absolute Gasteiger partial charge is 0.275 e. The van der Waals surface area contributed by atoms with Gasteiger partial charge in [-0.3, -0.25) is 9.89 Å². The summed E-state index contributed by atoms with van der Waals surface area (Å²) in [6.45, 7) is 2.89. The maximum absolute atomic E-state index is 12.6. The highest BCUT2D eigenvalue weighted by Gasteiger charge is 2.41. The number of aromatic amines is 1. The third-order valence-electron chi connectivity index (χ3n) is 3.78. The molecule has 5 nitrogen and oxygen atoms in total. The van der Waals surface area contributed by atoms with Crippen molar-refractivity contribution < 1.29 is 9.53 Å². The average molecular weight is 306 g/mol. The lowest BCUT2D eigenvalue weighted by Crippen LogP contribution is -2.32. The summed E-state index contributed by atoms with van der Waals surface area (Å²) >= 11 is 6.34. The van der Waals surface area contributed by atoms with E-state index in [4.69, 9.17) is 16.3 Å². The molecule has 1 N–H and O–H groups in total. The minimum atomic E-state index is -0.213. The number of hydrogen-bond acceptors (Lipinski definition) is 3. The first-order chi connectivity index (χ1) is 10.1. The zero-order valence-corrected chi connectivity index (χ0v) is 12.6. The van der Waals surface area contributed by atoms with Crippen LogP contribution in [0.2, 0.25) is 5.02 Å². The molecule has 1 aliphatic rings. The first-order valence-corrected chi connectivity index (χ1v) is 7.12. The monoisotopic (exact) mass is 305 g/mol. The topological polar surface area (TPSA) is 58.2 Å². The third-order valence-corrected chi connectivity index (χ3v) is 4.12. The zero-order valence-electron chi connectivity index (χ0n) is 11.9. The van der Waals surface area contributed by atoms with Crippen LogP contribution in [0.25, 0.3) is 0 Å². The fourth-order valence-electron chi connectivity index (χ4n) is 2.79. The molecule has 3 rings (SSSR count). The molecule has 0 saturated carbocycles. The number of nitrogens with one attached hydrogen (secondary N) is 1. The number of hydrogen-bond donors (Lipinski definition) is 1. The zero-order chi connectivity index (χ0) is 15.0. The molecule has 1 aromatic heterocycles. The van der Waals surface area contributed by atoms with Crippen molar-refractivity contribution in [1.82, 2.24) is 15.1 Å². The quantitative estimate of drug-likeness (QED) is 0.944. The van der Waals surface area contributed by atoms with Gasteiger partial charge in [0.15, 0.2) is 5.69 Å². The number of carbonyl (C=O) groups is 1. The van der Waals surface area contributed by atoms with E-state index < -0.39 is 0 Å². The summed E-state index contributed by atoms with van der Waals surface area (Å²) in [4.78, 5) is 14.3. The van der Waals surface area contributed by atoms with Crippen molar-refractivity contribution >= 4 is 17.5 Å². The summed E-state index contributed by atoms with van der Waals surface area (Å²) in [6.07, 6.45) is 0. The summed E-state index contributed by atoms with van der Waals surface area (Å²) in [7, 11) is 1.62. The Balaban J connectivity index is 2.11. The number of carbonyl (C=O) groups excluding carboxylic acids is 1. The highest BCUT2D eigenvalue weighted by atomic mass is 35.5.